The van der Waals surface area contributed by atoms with Crippen molar-refractivity contribution in [2.45, 2.75) is 32.0 Å². The predicted molar refractivity (Wildman–Crippen MR) is 54.2 cm³/mol. The number of ether oxygens (including phenoxy) is 1. The van der Waals surface area contributed by atoms with E-state index in [9.17, 15) is 15.3 Å². The van der Waals surface area contributed by atoms with E-state index in [0.717, 1.165) is 0 Å². The fourth-order valence-electron chi connectivity index (χ4n) is 1.86. The number of phenols is 2. The van der Waals surface area contributed by atoms with E-state index in [-0.39, 0.29) is 17.6 Å². The first-order valence-electron chi connectivity index (χ1n) is 5.01. The summed E-state index contributed by atoms with van der Waals surface area (Å²) in [5.41, 5.74) is 0.560. The summed E-state index contributed by atoms with van der Waals surface area (Å²) in [5, 5.41) is 28.6. The molecule has 0 bridgehead atoms. The van der Waals surface area contributed by atoms with Crippen molar-refractivity contribution in [3.05, 3.63) is 17.7 Å². The number of aliphatic hydroxyl groups excluding tert-OH is 1. The molecular weight excluding hydrogens is 196 g/mol. The second kappa shape index (κ2) is 3.62. The Morgan fingerprint density at radius 1 is 1.40 bits per heavy atom. The van der Waals surface area contributed by atoms with Crippen LogP contribution < -0.4 is 4.74 Å². The highest BCUT2D eigenvalue weighted by Gasteiger charge is 2.29. The molecule has 0 unspecified atom stereocenters. The summed E-state index contributed by atoms with van der Waals surface area (Å²) < 4.78 is 5.48. The molecule has 1 aromatic carbocycles. The molecule has 0 spiro atoms. The van der Waals surface area contributed by atoms with E-state index in [4.69, 9.17) is 4.74 Å². The van der Waals surface area contributed by atoms with Gasteiger partial charge in [0.15, 0.2) is 0 Å². The first-order chi connectivity index (χ1) is 7.11. The largest absolute Gasteiger partial charge is 0.508 e. The van der Waals surface area contributed by atoms with Gasteiger partial charge in [-0.2, -0.15) is 0 Å². The Kier molecular flexibility index (Phi) is 2.44. The van der Waals surface area contributed by atoms with Crippen molar-refractivity contribution < 1.29 is 20.1 Å². The highest BCUT2D eigenvalue weighted by molar-refractivity contribution is 5.50. The van der Waals surface area contributed by atoms with Crippen molar-refractivity contribution in [1.29, 1.82) is 0 Å². The van der Waals surface area contributed by atoms with Gasteiger partial charge in [-0.15, -0.1) is 0 Å². The average Bonchev–Trinajstić information content (AvgIpc) is 2.18. The molecule has 82 valence electrons. The summed E-state index contributed by atoms with van der Waals surface area (Å²) in [7, 11) is 0. The average molecular weight is 210 g/mol. The van der Waals surface area contributed by atoms with Crippen LogP contribution in [0.4, 0.5) is 0 Å². The first kappa shape index (κ1) is 10.1. The zero-order valence-corrected chi connectivity index (χ0v) is 8.47. The van der Waals surface area contributed by atoms with Crippen LogP contribution in [0.2, 0.25) is 0 Å². The van der Waals surface area contributed by atoms with Crippen LogP contribution in [0.15, 0.2) is 12.1 Å². The van der Waals surface area contributed by atoms with Crippen molar-refractivity contribution in [3.63, 3.8) is 0 Å². The maximum Gasteiger partial charge on any atom is 0.130 e. The molecule has 1 aliphatic heterocycles. The second-order valence-corrected chi connectivity index (χ2v) is 3.78. The summed E-state index contributed by atoms with van der Waals surface area (Å²) in [6.07, 6.45) is 0.188. The van der Waals surface area contributed by atoms with E-state index < -0.39 is 6.10 Å². The summed E-state index contributed by atoms with van der Waals surface area (Å²) in [5.74, 6) is 0.403. The van der Waals surface area contributed by atoms with Crippen molar-refractivity contribution in [2.75, 3.05) is 0 Å². The lowest BCUT2D eigenvalue weighted by molar-refractivity contribution is 0.0190. The van der Waals surface area contributed by atoms with Crippen LogP contribution in [-0.4, -0.2) is 27.5 Å². The zero-order chi connectivity index (χ0) is 11.0. The van der Waals surface area contributed by atoms with E-state index in [2.05, 4.69) is 0 Å². The van der Waals surface area contributed by atoms with Gasteiger partial charge in [0.1, 0.15) is 23.4 Å². The molecule has 4 nitrogen and oxygen atoms in total. The van der Waals surface area contributed by atoms with Crippen LogP contribution >= 0.6 is 0 Å². The SMILES string of the molecule is CC[C@H]1Oc2cc(O)cc(O)c2C[C@H]1O. The fraction of sp³-hybridized carbons (Fsp3) is 0.455. The topological polar surface area (TPSA) is 69.9 Å². The van der Waals surface area contributed by atoms with Gasteiger partial charge in [0, 0.05) is 24.1 Å². The zero-order valence-electron chi connectivity index (χ0n) is 8.47. The van der Waals surface area contributed by atoms with E-state index in [0.29, 0.717) is 24.2 Å². The van der Waals surface area contributed by atoms with Crippen molar-refractivity contribution in [3.8, 4) is 17.2 Å². The number of benzene rings is 1. The number of hydrogen-bond acceptors (Lipinski definition) is 4. The van der Waals surface area contributed by atoms with Crippen molar-refractivity contribution >= 4 is 0 Å². The van der Waals surface area contributed by atoms with Gasteiger partial charge in [-0.05, 0) is 6.42 Å². The lowest BCUT2D eigenvalue weighted by atomic mass is 9.97. The van der Waals surface area contributed by atoms with Gasteiger partial charge in [0.25, 0.3) is 0 Å². The molecule has 0 saturated heterocycles. The Morgan fingerprint density at radius 2 is 2.13 bits per heavy atom. The predicted octanol–water partition coefficient (Wildman–Crippen LogP) is 1.17. The van der Waals surface area contributed by atoms with E-state index in [1.807, 2.05) is 6.92 Å². The minimum atomic E-state index is -0.599. The Labute approximate surface area is 87.7 Å². The highest BCUT2D eigenvalue weighted by Crippen LogP contribution is 2.38. The van der Waals surface area contributed by atoms with E-state index >= 15 is 0 Å². The highest BCUT2D eigenvalue weighted by atomic mass is 16.5. The number of hydrogen-bond donors (Lipinski definition) is 3. The van der Waals surface area contributed by atoms with Gasteiger partial charge in [0.05, 0.1) is 6.10 Å². The number of aliphatic hydroxyl groups is 1. The molecule has 1 heterocycles. The van der Waals surface area contributed by atoms with Crippen LogP contribution in [0, 0.1) is 0 Å². The van der Waals surface area contributed by atoms with Crippen LogP contribution in [0.5, 0.6) is 17.2 Å². The molecule has 0 fully saturated rings. The van der Waals surface area contributed by atoms with Gasteiger partial charge in [-0.3, -0.25) is 0 Å². The van der Waals surface area contributed by atoms with Gasteiger partial charge < -0.3 is 20.1 Å². The van der Waals surface area contributed by atoms with E-state index in [1.165, 1.54) is 12.1 Å². The fourth-order valence-corrected chi connectivity index (χ4v) is 1.86. The maximum absolute atomic E-state index is 9.71. The molecule has 0 amide bonds. The minimum Gasteiger partial charge on any atom is -0.508 e. The molecular formula is C11H14O4. The summed E-state index contributed by atoms with van der Waals surface area (Å²) in [6, 6.07) is 2.71. The Hall–Kier alpha value is -1.42. The lowest BCUT2D eigenvalue weighted by Crippen LogP contribution is -2.36. The monoisotopic (exact) mass is 210 g/mol. The van der Waals surface area contributed by atoms with Crippen molar-refractivity contribution in [1.82, 2.24) is 0 Å². The Bertz CT molecular complexity index is 375. The quantitative estimate of drug-likeness (QED) is 0.650. The third-order valence-electron chi connectivity index (χ3n) is 2.69. The van der Waals surface area contributed by atoms with Crippen LogP contribution in [0.1, 0.15) is 18.9 Å². The summed E-state index contributed by atoms with van der Waals surface area (Å²) in [4.78, 5) is 0. The van der Waals surface area contributed by atoms with Crippen molar-refractivity contribution in [2.24, 2.45) is 0 Å². The molecule has 2 rings (SSSR count). The molecule has 4 heteroatoms. The Morgan fingerprint density at radius 3 is 2.80 bits per heavy atom. The normalized spacial score (nSPS) is 24.4. The number of rotatable bonds is 1. The second-order valence-electron chi connectivity index (χ2n) is 3.78. The molecule has 0 saturated carbocycles. The summed E-state index contributed by atoms with van der Waals surface area (Å²) in [6.45, 7) is 1.92. The van der Waals surface area contributed by atoms with Crippen LogP contribution in [-0.2, 0) is 6.42 Å². The third kappa shape index (κ3) is 1.72. The summed E-state index contributed by atoms with van der Waals surface area (Å²) >= 11 is 0. The molecule has 1 aromatic rings. The minimum absolute atomic E-state index is 0.0291. The van der Waals surface area contributed by atoms with Gasteiger partial charge in [-0.1, -0.05) is 6.92 Å². The molecule has 2 atom stereocenters. The molecule has 15 heavy (non-hydrogen) atoms. The molecule has 0 radical (unpaired) electrons. The molecule has 3 N–H and O–H groups in total. The lowest BCUT2D eigenvalue weighted by Gasteiger charge is -2.30. The molecule has 0 aromatic heterocycles. The van der Waals surface area contributed by atoms with Crippen LogP contribution in [0.3, 0.4) is 0 Å². The van der Waals surface area contributed by atoms with Gasteiger partial charge >= 0.3 is 0 Å². The van der Waals surface area contributed by atoms with Gasteiger partial charge in [-0.25, -0.2) is 0 Å². The number of aromatic hydroxyl groups is 2. The molecule has 0 aliphatic carbocycles. The van der Waals surface area contributed by atoms with Crippen LogP contribution in [0.25, 0.3) is 0 Å². The van der Waals surface area contributed by atoms with E-state index in [1.54, 1.807) is 0 Å². The molecule has 1 aliphatic rings. The number of phenolic OH excluding ortho intramolecular Hbond substituents is 2. The Balaban J connectivity index is 2.40. The maximum atomic E-state index is 9.71. The smallest absolute Gasteiger partial charge is 0.130 e. The van der Waals surface area contributed by atoms with Gasteiger partial charge in [0.2, 0.25) is 0 Å². The third-order valence-corrected chi connectivity index (χ3v) is 2.69. The first-order valence-corrected chi connectivity index (χ1v) is 5.01. The number of fused-ring (bicyclic) bond motifs is 1. The standard InChI is InChI=1S/C11H14O4/c1-2-10-9(14)5-7-8(13)3-6(12)4-11(7)15-10/h3-4,9-10,12-14H,2,5H2,1H3/t9-,10-/m1/s1.